The molecule has 0 aromatic heterocycles. The van der Waals surface area contributed by atoms with Crippen molar-refractivity contribution in [3.63, 3.8) is 0 Å². The molecule has 0 aliphatic heterocycles. The number of nitrogens with zero attached hydrogens (tertiary/aromatic N) is 1. The smallest absolute Gasteiger partial charge is 0.127 e. The molecule has 0 bridgehead atoms. The fourth-order valence-corrected chi connectivity index (χ4v) is 2.23. The van der Waals surface area contributed by atoms with Crippen LogP contribution in [-0.4, -0.2) is 31.6 Å². The molecule has 102 valence electrons. The van der Waals surface area contributed by atoms with Gasteiger partial charge in [0.15, 0.2) is 0 Å². The van der Waals surface area contributed by atoms with Gasteiger partial charge >= 0.3 is 0 Å². The molecule has 2 nitrogen and oxygen atoms in total. The van der Waals surface area contributed by atoms with Crippen LogP contribution < -0.4 is 5.32 Å². The van der Waals surface area contributed by atoms with Crippen molar-refractivity contribution in [1.82, 2.24) is 10.2 Å². The van der Waals surface area contributed by atoms with Crippen molar-refractivity contribution < 1.29 is 4.39 Å². The Hall–Kier alpha value is -0.450. The highest BCUT2D eigenvalue weighted by Gasteiger charge is 2.14. The third kappa shape index (κ3) is 5.04. The molecule has 1 rings (SSSR count). The molecular weight excluding hydrogens is 295 g/mol. The fourth-order valence-electron chi connectivity index (χ4n) is 1.82. The van der Waals surface area contributed by atoms with Crippen molar-refractivity contribution in [2.45, 2.75) is 26.4 Å². The summed E-state index contributed by atoms with van der Waals surface area (Å²) in [5.74, 6) is 0.362. The van der Waals surface area contributed by atoms with Crippen molar-refractivity contribution in [3.05, 3.63) is 34.1 Å². The van der Waals surface area contributed by atoms with E-state index >= 15 is 0 Å². The Morgan fingerprint density at radius 3 is 2.56 bits per heavy atom. The largest absolute Gasteiger partial charge is 0.308 e. The number of hydrogen-bond acceptors (Lipinski definition) is 2. The zero-order valence-electron chi connectivity index (χ0n) is 11.5. The Balaban J connectivity index is 2.63. The Labute approximate surface area is 118 Å². The predicted octanol–water partition coefficient (Wildman–Crippen LogP) is 3.26. The van der Waals surface area contributed by atoms with Gasteiger partial charge in [-0.3, -0.25) is 0 Å². The van der Waals surface area contributed by atoms with Crippen LogP contribution in [0.4, 0.5) is 4.39 Å². The van der Waals surface area contributed by atoms with E-state index in [1.165, 1.54) is 6.07 Å². The lowest BCUT2D eigenvalue weighted by atomic mass is 10.0. The van der Waals surface area contributed by atoms with Crippen LogP contribution in [0, 0.1) is 11.7 Å². The minimum atomic E-state index is -0.155. The molecule has 0 fully saturated rings. The molecule has 4 heteroatoms. The predicted molar refractivity (Wildman–Crippen MR) is 78.1 cm³/mol. The van der Waals surface area contributed by atoms with Crippen LogP contribution in [0.15, 0.2) is 22.7 Å². The van der Waals surface area contributed by atoms with Gasteiger partial charge in [0.05, 0.1) is 0 Å². The average molecular weight is 317 g/mol. The van der Waals surface area contributed by atoms with Gasteiger partial charge in [0.1, 0.15) is 5.82 Å². The maximum absolute atomic E-state index is 13.6. The van der Waals surface area contributed by atoms with Crippen molar-refractivity contribution in [1.29, 1.82) is 0 Å². The number of hydrogen-bond donors (Lipinski definition) is 1. The number of likely N-dealkylation sites (N-methyl/N-ethyl adjacent to an activating group) is 1. The first kappa shape index (κ1) is 15.6. The van der Waals surface area contributed by atoms with E-state index in [-0.39, 0.29) is 5.82 Å². The maximum Gasteiger partial charge on any atom is 0.127 e. The van der Waals surface area contributed by atoms with Gasteiger partial charge in [-0.05, 0) is 38.2 Å². The summed E-state index contributed by atoms with van der Waals surface area (Å²) < 4.78 is 14.5. The molecule has 0 aliphatic rings. The minimum absolute atomic E-state index is 0.155. The average Bonchev–Trinajstić information content (AvgIpc) is 2.27. The van der Waals surface area contributed by atoms with Crippen LogP contribution in [0.3, 0.4) is 0 Å². The lowest BCUT2D eigenvalue weighted by molar-refractivity contribution is 0.287. The van der Waals surface area contributed by atoms with Gasteiger partial charge in [0.2, 0.25) is 0 Å². The van der Waals surface area contributed by atoms with E-state index in [1.807, 2.05) is 6.07 Å². The zero-order valence-corrected chi connectivity index (χ0v) is 13.1. The molecule has 0 saturated carbocycles. The van der Waals surface area contributed by atoms with Crippen molar-refractivity contribution in [3.8, 4) is 0 Å². The first-order valence-electron chi connectivity index (χ1n) is 6.22. The highest BCUT2D eigenvalue weighted by molar-refractivity contribution is 9.10. The zero-order chi connectivity index (χ0) is 13.7. The normalized spacial score (nSPS) is 13.3. The van der Waals surface area contributed by atoms with Gasteiger partial charge in [-0.25, -0.2) is 4.39 Å². The SMILES string of the molecule is CC(C)C(CN(C)C)NCc1cc(Br)ccc1F. The molecule has 0 aliphatic carbocycles. The molecule has 1 aromatic rings. The summed E-state index contributed by atoms with van der Waals surface area (Å²) in [7, 11) is 4.10. The monoisotopic (exact) mass is 316 g/mol. The summed E-state index contributed by atoms with van der Waals surface area (Å²) in [5, 5.41) is 3.43. The summed E-state index contributed by atoms with van der Waals surface area (Å²) in [5.41, 5.74) is 0.703. The van der Waals surface area contributed by atoms with E-state index in [0.29, 0.717) is 24.1 Å². The van der Waals surface area contributed by atoms with Crippen LogP contribution in [-0.2, 0) is 6.54 Å². The Morgan fingerprint density at radius 2 is 2.00 bits per heavy atom. The summed E-state index contributed by atoms with van der Waals surface area (Å²) in [6.07, 6.45) is 0. The van der Waals surface area contributed by atoms with Gasteiger partial charge < -0.3 is 10.2 Å². The Bertz CT molecular complexity index is 380. The second-order valence-corrected chi connectivity index (χ2v) is 6.15. The number of nitrogens with one attached hydrogen (secondary N) is 1. The summed E-state index contributed by atoms with van der Waals surface area (Å²) in [4.78, 5) is 2.15. The fraction of sp³-hybridized carbons (Fsp3) is 0.571. The van der Waals surface area contributed by atoms with E-state index in [2.05, 4.69) is 54.1 Å². The first-order chi connectivity index (χ1) is 8.40. The summed E-state index contributed by atoms with van der Waals surface area (Å²) in [6.45, 7) is 5.87. The van der Waals surface area contributed by atoms with E-state index in [4.69, 9.17) is 0 Å². The van der Waals surface area contributed by atoms with Crippen molar-refractivity contribution >= 4 is 15.9 Å². The lowest BCUT2D eigenvalue weighted by Gasteiger charge is -2.26. The highest BCUT2D eigenvalue weighted by Crippen LogP contribution is 2.16. The molecule has 1 aromatic carbocycles. The molecule has 0 spiro atoms. The quantitative estimate of drug-likeness (QED) is 0.866. The summed E-state index contributed by atoms with van der Waals surface area (Å²) >= 11 is 3.37. The second kappa shape index (κ2) is 7.22. The minimum Gasteiger partial charge on any atom is -0.308 e. The third-order valence-electron chi connectivity index (χ3n) is 2.93. The van der Waals surface area contributed by atoms with Crippen LogP contribution >= 0.6 is 15.9 Å². The number of benzene rings is 1. The summed E-state index contributed by atoms with van der Waals surface area (Å²) in [6, 6.07) is 5.41. The Morgan fingerprint density at radius 1 is 1.33 bits per heavy atom. The van der Waals surface area contributed by atoms with E-state index < -0.39 is 0 Å². The molecule has 0 saturated heterocycles. The van der Waals surface area contributed by atoms with Gasteiger partial charge in [0.25, 0.3) is 0 Å². The molecule has 0 radical (unpaired) electrons. The maximum atomic E-state index is 13.6. The van der Waals surface area contributed by atoms with Crippen molar-refractivity contribution in [2.75, 3.05) is 20.6 Å². The van der Waals surface area contributed by atoms with E-state index in [1.54, 1.807) is 6.07 Å². The second-order valence-electron chi connectivity index (χ2n) is 5.23. The van der Waals surface area contributed by atoms with E-state index in [0.717, 1.165) is 11.0 Å². The van der Waals surface area contributed by atoms with E-state index in [9.17, 15) is 4.39 Å². The molecule has 0 amide bonds. The van der Waals surface area contributed by atoms with Gasteiger partial charge in [0, 0.05) is 29.2 Å². The van der Waals surface area contributed by atoms with Gasteiger partial charge in [-0.2, -0.15) is 0 Å². The standard InChI is InChI=1S/C14H22BrFN2/c1-10(2)14(9-18(3)4)17-8-11-7-12(15)5-6-13(11)16/h5-7,10,14,17H,8-9H2,1-4H3. The molecule has 1 unspecified atom stereocenters. The van der Waals surface area contributed by atoms with Crippen LogP contribution in [0.5, 0.6) is 0 Å². The Kier molecular flexibility index (Phi) is 6.26. The van der Waals surface area contributed by atoms with Crippen LogP contribution in [0.1, 0.15) is 19.4 Å². The lowest BCUT2D eigenvalue weighted by Crippen LogP contribution is -2.41. The van der Waals surface area contributed by atoms with Gasteiger partial charge in [-0.15, -0.1) is 0 Å². The molecular formula is C14H22BrFN2. The molecule has 0 heterocycles. The third-order valence-corrected chi connectivity index (χ3v) is 3.42. The number of rotatable bonds is 6. The molecule has 1 atom stereocenters. The number of halogens is 2. The van der Waals surface area contributed by atoms with Crippen LogP contribution in [0.25, 0.3) is 0 Å². The van der Waals surface area contributed by atoms with Gasteiger partial charge in [-0.1, -0.05) is 29.8 Å². The first-order valence-corrected chi connectivity index (χ1v) is 7.01. The van der Waals surface area contributed by atoms with Crippen LogP contribution in [0.2, 0.25) is 0 Å². The topological polar surface area (TPSA) is 15.3 Å². The molecule has 18 heavy (non-hydrogen) atoms. The van der Waals surface area contributed by atoms with Crippen molar-refractivity contribution in [2.24, 2.45) is 5.92 Å². The highest BCUT2D eigenvalue weighted by atomic mass is 79.9. The molecule has 1 N–H and O–H groups in total.